The molecule has 0 N–H and O–H groups in total. The molecule has 2 saturated heterocycles. The molecule has 230 valence electrons. The minimum atomic E-state index is -0.198. The average molecular weight is 636 g/mol. The number of likely N-dealkylation sites (tertiary alicyclic amines) is 2. The van der Waals surface area contributed by atoms with Crippen LogP contribution in [0.2, 0.25) is 10.0 Å². The van der Waals surface area contributed by atoms with Crippen molar-refractivity contribution >= 4 is 40.7 Å². The Bertz CT molecular complexity index is 1480. The SMILES string of the molecule is N#Cc1ccc(C(=O)N2CCC(C(=O)N(CCCN3CCC(Cc4ccc(F)cc4)CC3)c3ccc(Cl)c(Cl)c3)CC2)cc1. The fourth-order valence-corrected chi connectivity index (χ4v) is 6.55. The highest BCUT2D eigenvalue weighted by atomic mass is 35.5. The van der Waals surface area contributed by atoms with Crippen LogP contribution in [-0.4, -0.2) is 60.9 Å². The van der Waals surface area contributed by atoms with Crippen LogP contribution in [0.5, 0.6) is 0 Å². The van der Waals surface area contributed by atoms with Gasteiger partial charge in [0, 0.05) is 36.8 Å². The average Bonchev–Trinajstić information content (AvgIpc) is 3.06. The first-order valence-electron chi connectivity index (χ1n) is 15.3. The molecular weight excluding hydrogens is 598 g/mol. The molecule has 9 heteroatoms. The largest absolute Gasteiger partial charge is 0.339 e. The van der Waals surface area contributed by atoms with Crippen LogP contribution >= 0.6 is 23.2 Å². The zero-order chi connectivity index (χ0) is 31.1. The van der Waals surface area contributed by atoms with Crippen LogP contribution in [0.1, 0.15) is 53.6 Å². The molecule has 0 unspecified atom stereocenters. The van der Waals surface area contributed by atoms with Crippen LogP contribution in [0.15, 0.2) is 66.7 Å². The van der Waals surface area contributed by atoms with E-state index in [-0.39, 0.29) is 23.5 Å². The second-order valence-electron chi connectivity index (χ2n) is 11.8. The lowest BCUT2D eigenvalue weighted by Gasteiger charge is -2.35. The number of nitrogens with zero attached hydrogens (tertiary/aromatic N) is 4. The molecule has 0 radical (unpaired) electrons. The van der Waals surface area contributed by atoms with E-state index in [2.05, 4.69) is 11.0 Å². The van der Waals surface area contributed by atoms with Gasteiger partial charge in [-0.2, -0.15) is 5.26 Å². The van der Waals surface area contributed by atoms with E-state index in [1.54, 1.807) is 41.3 Å². The van der Waals surface area contributed by atoms with E-state index in [0.717, 1.165) is 51.0 Å². The van der Waals surface area contributed by atoms with Gasteiger partial charge in [-0.15, -0.1) is 0 Å². The number of piperidine rings is 2. The van der Waals surface area contributed by atoms with Crippen molar-refractivity contribution in [3.63, 3.8) is 0 Å². The van der Waals surface area contributed by atoms with E-state index >= 15 is 0 Å². The Morgan fingerprint density at radius 2 is 1.57 bits per heavy atom. The second-order valence-corrected chi connectivity index (χ2v) is 12.6. The van der Waals surface area contributed by atoms with Gasteiger partial charge in [-0.25, -0.2) is 4.39 Å². The zero-order valence-corrected chi connectivity index (χ0v) is 26.2. The molecule has 0 aromatic heterocycles. The molecule has 0 bridgehead atoms. The van der Waals surface area contributed by atoms with Gasteiger partial charge in [-0.05, 0) is 124 Å². The predicted molar refractivity (Wildman–Crippen MR) is 172 cm³/mol. The van der Waals surface area contributed by atoms with Gasteiger partial charge in [0.1, 0.15) is 5.82 Å². The van der Waals surface area contributed by atoms with Crippen molar-refractivity contribution in [3.05, 3.63) is 99.3 Å². The van der Waals surface area contributed by atoms with E-state index in [9.17, 15) is 14.0 Å². The van der Waals surface area contributed by atoms with E-state index < -0.39 is 0 Å². The third kappa shape index (κ3) is 8.18. The summed E-state index contributed by atoms with van der Waals surface area (Å²) in [4.78, 5) is 33.0. The number of carbonyl (C=O) groups excluding carboxylic acids is 2. The van der Waals surface area contributed by atoms with Crippen molar-refractivity contribution in [2.45, 2.75) is 38.5 Å². The number of rotatable bonds is 9. The Hall–Kier alpha value is -3.44. The third-order valence-electron chi connectivity index (χ3n) is 8.87. The lowest BCUT2D eigenvalue weighted by Crippen LogP contribution is -2.45. The van der Waals surface area contributed by atoms with Crippen molar-refractivity contribution in [1.82, 2.24) is 9.80 Å². The number of amides is 2. The van der Waals surface area contributed by atoms with Crippen LogP contribution in [0.4, 0.5) is 10.1 Å². The molecule has 44 heavy (non-hydrogen) atoms. The van der Waals surface area contributed by atoms with Gasteiger partial charge in [-0.1, -0.05) is 35.3 Å². The first kappa shape index (κ1) is 32.0. The summed E-state index contributed by atoms with van der Waals surface area (Å²) in [5.41, 5.74) is 2.98. The standard InChI is InChI=1S/C35H37Cl2FN4O2/c36-32-11-10-31(23-33(32)37)42(17-1-16-40-18-12-26(13-19-40)22-25-4-8-30(38)9-5-25)35(44)29-14-20-41(21-15-29)34(43)28-6-2-27(24-39)3-7-28/h2-11,23,26,29H,1,12-22H2. The van der Waals surface area contributed by atoms with Gasteiger partial charge in [0.2, 0.25) is 5.91 Å². The highest BCUT2D eigenvalue weighted by Crippen LogP contribution is 2.30. The van der Waals surface area contributed by atoms with Crippen molar-refractivity contribution in [2.24, 2.45) is 11.8 Å². The number of carbonyl (C=O) groups is 2. The summed E-state index contributed by atoms with van der Waals surface area (Å²) in [7, 11) is 0. The molecule has 2 heterocycles. The number of halogens is 3. The normalized spacial score (nSPS) is 16.5. The van der Waals surface area contributed by atoms with E-state index in [0.29, 0.717) is 59.6 Å². The van der Waals surface area contributed by atoms with Gasteiger partial charge in [-0.3, -0.25) is 9.59 Å². The molecule has 3 aromatic carbocycles. The summed E-state index contributed by atoms with van der Waals surface area (Å²) in [5, 5.41) is 9.88. The molecule has 0 saturated carbocycles. The number of hydrogen-bond donors (Lipinski definition) is 0. The Balaban J connectivity index is 1.15. The zero-order valence-electron chi connectivity index (χ0n) is 24.7. The maximum absolute atomic E-state index is 13.9. The molecule has 6 nitrogen and oxygen atoms in total. The molecule has 2 amide bonds. The van der Waals surface area contributed by atoms with Crippen LogP contribution in [0.25, 0.3) is 0 Å². The minimum absolute atomic E-state index is 0.0480. The second kappa shape index (κ2) is 15.0. The maximum atomic E-state index is 13.9. The smallest absolute Gasteiger partial charge is 0.253 e. The summed E-state index contributed by atoms with van der Waals surface area (Å²) < 4.78 is 13.3. The van der Waals surface area contributed by atoms with Crippen molar-refractivity contribution in [2.75, 3.05) is 44.2 Å². The first-order valence-corrected chi connectivity index (χ1v) is 16.1. The quantitative estimate of drug-likeness (QED) is 0.249. The Labute approximate surface area is 269 Å². The molecule has 2 aliphatic rings. The number of hydrogen-bond acceptors (Lipinski definition) is 4. The van der Waals surface area contributed by atoms with Crippen LogP contribution in [-0.2, 0) is 11.2 Å². The van der Waals surface area contributed by atoms with E-state index in [1.807, 2.05) is 23.1 Å². The van der Waals surface area contributed by atoms with Crippen LogP contribution in [0, 0.1) is 29.0 Å². The summed E-state index contributed by atoms with van der Waals surface area (Å²) in [6.07, 6.45) is 5.18. The Morgan fingerprint density at radius 3 is 2.20 bits per heavy atom. The number of anilines is 1. The van der Waals surface area contributed by atoms with Crippen LogP contribution in [0.3, 0.4) is 0 Å². The van der Waals surface area contributed by atoms with Crippen molar-refractivity contribution in [3.8, 4) is 6.07 Å². The van der Waals surface area contributed by atoms with Crippen LogP contribution < -0.4 is 4.90 Å². The monoisotopic (exact) mass is 634 g/mol. The number of nitriles is 1. The van der Waals surface area contributed by atoms with Gasteiger partial charge < -0.3 is 14.7 Å². The van der Waals surface area contributed by atoms with E-state index in [1.165, 1.54) is 17.7 Å². The first-order chi connectivity index (χ1) is 21.3. The maximum Gasteiger partial charge on any atom is 0.253 e. The molecule has 5 rings (SSSR count). The highest BCUT2D eigenvalue weighted by Gasteiger charge is 2.31. The fourth-order valence-electron chi connectivity index (χ4n) is 6.26. The Kier molecular flexibility index (Phi) is 10.9. The molecule has 0 aliphatic carbocycles. The van der Waals surface area contributed by atoms with Gasteiger partial charge in [0.25, 0.3) is 5.91 Å². The summed E-state index contributed by atoms with van der Waals surface area (Å²) in [6, 6.07) is 20.9. The van der Waals surface area contributed by atoms with E-state index in [4.69, 9.17) is 28.5 Å². The minimum Gasteiger partial charge on any atom is -0.339 e. The molecule has 3 aromatic rings. The van der Waals surface area contributed by atoms with Crippen molar-refractivity contribution in [1.29, 1.82) is 5.26 Å². The highest BCUT2D eigenvalue weighted by molar-refractivity contribution is 6.42. The summed E-state index contributed by atoms with van der Waals surface area (Å²) in [5.74, 6) is 0.171. The predicted octanol–water partition coefficient (Wildman–Crippen LogP) is 7.23. The summed E-state index contributed by atoms with van der Waals surface area (Å²) in [6.45, 7) is 4.48. The van der Waals surface area contributed by atoms with Crippen molar-refractivity contribution < 1.29 is 14.0 Å². The fraction of sp³-hybridized carbons (Fsp3) is 0.400. The lowest BCUT2D eigenvalue weighted by atomic mass is 9.90. The molecule has 0 atom stereocenters. The van der Waals surface area contributed by atoms with Gasteiger partial charge >= 0.3 is 0 Å². The molecule has 2 aliphatic heterocycles. The summed E-state index contributed by atoms with van der Waals surface area (Å²) >= 11 is 12.5. The topological polar surface area (TPSA) is 67.6 Å². The number of benzene rings is 3. The van der Waals surface area contributed by atoms with Gasteiger partial charge in [0.05, 0.1) is 21.7 Å². The van der Waals surface area contributed by atoms with Gasteiger partial charge in [0.15, 0.2) is 0 Å². The third-order valence-corrected chi connectivity index (χ3v) is 9.61. The Morgan fingerprint density at radius 1 is 0.886 bits per heavy atom. The molecule has 0 spiro atoms. The molecule has 2 fully saturated rings. The lowest BCUT2D eigenvalue weighted by molar-refractivity contribution is -0.123. The molecular formula is C35H37Cl2FN4O2.